The Morgan fingerprint density at radius 2 is 1.88 bits per heavy atom. The van der Waals surface area contributed by atoms with E-state index in [0.29, 0.717) is 5.75 Å². The van der Waals surface area contributed by atoms with E-state index in [1.165, 1.54) is 18.4 Å². The molecule has 0 aliphatic heterocycles. The van der Waals surface area contributed by atoms with E-state index in [1.54, 1.807) is 13.0 Å². The van der Waals surface area contributed by atoms with E-state index in [0.717, 1.165) is 12.0 Å². The highest BCUT2D eigenvalue weighted by Gasteiger charge is 1.96. The van der Waals surface area contributed by atoms with E-state index in [-0.39, 0.29) is 6.42 Å². The average Bonchev–Trinajstić information content (AvgIpc) is 2.31. The number of benzene rings is 1. The van der Waals surface area contributed by atoms with Crippen molar-refractivity contribution in [3.63, 3.8) is 0 Å². The molecule has 1 aromatic carbocycles. The predicted octanol–water partition coefficient (Wildman–Crippen LogP) is 3.52. The van der Waals surface area contributed by atoms with Crippen molar-refractivity contribution in [3.05, 3.63) is 29.3 Å². The molecule has 0 fully saturated rings. The molecule has 1 rings (SSSR count). The summed E-state index contributed by atoms with van der Waals surface area (Å²) in [6.07, 6.45) is 3.79. The van der Waals surface area contributed by atoms with Gasteiger partial charge in [0.05, 0.1) is 0 Å². The quantitative estimate of drug-likeness (QED) is 0.843. The smallest absolute Gasteiger partial charge is 0.303 e. The molecule has 2 N–H and O–H groups in total. The fourth-order valence-electron chi connectivity index (χ4n) is 1.25. The largest absolute Gasteiger partial charge is 0.508 e. The van der Waals surface area contributed by atoms with Crippen LogP contribution in [0.3, 0.4) is 0 Å². The lowest BCUT2D eigenvalue weighted by molar-refractivity contribution is -0.136. The summed E-state index contributed by atoms with van der Waals surface area (Å²) in [5.41, 5.74) is 2.30. The van der Waals surface area contributed by atoms with E-state index in [9.17, 15) is 9.90 Å². The number of hydrogen-bond donors (Lipinski definition) is 2. The molecule has 0 aromatic heterocycles. The molecule has 3 heteroatoms. The number of phenolic OH excluding ortho intramolecular Hbond substituents is 1. The summed E-state index contributed by atoms with van der Waals surface area (Å²) in [5, 5.41) is 17.0. The van der Waals surface area contributed by atoms with Crippen molar-refractivity contribution in [3.8, 4) is 5.75 Å². The molecule has 0 radical (unpaired) electrons. The second kappa shape index (κ2) is 8.62. The molecule has 0 saturated heterocycles. The number of aliphatic carboxylic acids is 1. The van der Waals surface area contributed by atoms with Crippen LogP contribution in [-0.4, -0.2) is 16.2 Å². The van der Waals surface area contributed by atoms with Crippen LogP contribution in [0.1, 0.15) is 44.2 Å². The van der Waals surface area contributed by atoms with Gasteiger partial charge in [-0.15, -0.1) is 0 Å². The summed E-state index contributed by atoms with van der Waals surface area (Å²) in [5.74, 6) is -0.347. The van der Waals surface area contributed by atoms with Crippen molar-refractivity contribution in [1.29, 1.82) is 0 Å². The minimum absolute atomic E-state index is 0.222. The van der Waals surface area contributed by atoms with Crippen molar-refractivity contribution in [2.75, 3.05) is 0 Å². The zero-order chi connectivity index (χ0) is 13.3. The Morgan fingerprint density at radius 1 is 1.29 bits per heavy atom. The molecule has 0 unspecified atom stereocenters. The lowest BCUT2D eigenvalue weighted by Gasteiger charge is -2.02. The van der Waals surface area contributed by atoms with Crippen LogP contribution in [0.5, 0.6) is 5.75 Å². The first-order valence-electron chi connectivity index (χ1n) is 6.01. The van der Waals surface area contributed by atoms with Crippen molar-refractivity contribution >= 4 is 5.97 Å². The van der Waals surface area contributed by atoms with Crippen LogP contribution in [0.25, 0.3) is 0 Å². The predicted molar refractivity (Wildman–Crippen MR) is 69.4 cm³/mol. The normalized spacial score (nSPS) is 9.35. The number of carbonyl (C=O) groups is 1. The van der Waals surface area contributed by atoms with E-state index < -0.39 is 5.97 Å². The number of carboxylic acid groups (broad SMARTS) is 1. The average molecular weight is 238 g/mol. The Labute approximate surface area is 103 Å². The molecule has 0 aliphatic rings. The zero-order valence-corrected chi connectivity index (χ0v) is 10.9. The summed E-state index contributed by atoms with van der Waals surface area (Å²) >= 11 is 0. The number of aromatic hydroxyl groups is 1. The molecule has 17 heavy (non-hydrogen) atoms. The van der Waals surface area contributed by atoms with Crippen molar-refractivity contribution < 1.29 is 15.0 Å². The maximum absolute atomic E-state index is 9.37. The number of unbranched alkanes of at least 4 members (excludes halogenated alkanes) is 1. The maximum Gasteiger partial charge on any atom is 0.303 e. The zero-order valence-electron chi connectivity index (χ0n) is 10.9. The maximum atomic E-state index is 9.37. The van der Waals surface area contributed by atoms with Crippen LogP contribution >= 0.6 is 0 Å². The summed E-state index contributed by atoms with van der Waals surface area (Å²) in [4.78, 5) is 9.37. The molecule has 0 amide bonds. The molecular formula is C14H22O3. The van der Waals surface area contributed by atoms with Crippen molar-refractivity contribution in [2.45, 2.75) is 46.5 Å². The molecule has 0 heterocycles. The summed E-state index contributed by atoms with van der Waals surface area (Å²) in [6, 6.07) is 5.84. The molecule has 0 bridgehead atoms. The standard InChI is InChI=1S/C11H16O.C3H6O2/c1-3-4-5-10-6-7-11(12)9(2)8-10;1-2-3(4)5/h6-8,12H,3-5H2,1-2H3;2H2,1H3,(H,4,5). The van der Waals surface area contributed by atoms with E-state index in [2.05, 4.69) is 13.0 Å². The van der Waals surface area contributed by atoms with Gasteiger partial charge in [0.1, 0.15) is 5.75 Å². The molecule has 0 aliphatic carbocycles. The van der Waals surface area contributed by atoms with Gasteiger partial charge in [-0.25, -0.2) is 0 Å². The van der Waals surface area contributed by atoms with Gasteiger partial charge in [-0.1, -0.05) is 32.4 Å². The molecule has 0 spiro atoms. The lowest BCUT2D eigenvalue weighted by Crippen LogP contribution is -1.86. The number of rotatable bonds is 4. The highest BCUT2D eigenvalue weighted by molar-refractivity contribution is 5.66. The second-order valence-electron chi connectivity index (χ2n) is 3.97. The highest BCUT2D eigenvalue weighted by atomic mass is 16.4. The van der Waals surface area contributed by atoms with Crippen LogP contribution in [-0.2, 0) is 11.2 Å². The first kappa shape index (κ1) is 15.5. The van der Waals surface area contributed by atoms with E-state index >= 15 is 0 Å². The van der Waals surface area contributed by atoms with Crippen LogP contribution in [0.4, 0.5) is 0 Å². The van der Waals surface area contributed by atoms with Gasteiger partial charge in [0.25, 0.3) is 0 Å². The lowest BCUT2D eigenvalue weighted by atomic mass is 10.1. The van der Waals surface area contributed by atoms with Crippen molar-refractivity contribution in [1.82, 2.24) is 0 Å². The van der Waals surface area contributed by atoms with E-state index in [1.807, 2.05) is 13.0 Å². The topological polar surface area (TPSA) is 57.5 Å². The first-order valence-corrected chi connectivity index (χ1v) is 6.01. The number of aryl methyl sites for hydroxylation is 2. The van der Waals surface area contributed by atoms with Crippen LogP contribution in [0.2, 0.25) is 0 Å². The Balaban J connectivity index is 0.000000437. The number of hydrogen-bond acceptors (Lipinski definition) is 2. The minimum Gasteiger partial charge on any atom is -0.508 e. The fourth-order valence-corrected chi connectivity index (χ4v) is 1.25. The fraction of sp³-hybridized carbons (Fsp3) is 0.500. The summed E-state index contributed by atoms with van der Waals surface area (Å²) < 4.78 is 0. The van der Waals surface area contributed by atoms with Gasteiger partial charge < -0.3 is 10.2 Å². The molecular weight excluding hydrogens is 216 g/mol. The van der Waals surface area contributed by atoms with Crippen LogP contribution in [0.15, 0.2) is 18.2 Å². The Bertz CT molecular complexity index is 345. The van der Waals surface area contributed by atoms with Gasteiger partial charge in [0.2, 0.25) is 0 Å². The Kier molecular flexibility index (Phi) is 7.85. The number of phenols is 1. The van der Waals surface area contributed by atoms with Gasteiger partial charge in [0.15, 0.2) is 0 Å². The summed E-state index contributed by atoms with van der Waals surface area (Å²) in [6.45, 7) is 5.72. The molecule has 3 nitrogen and oxygen atoms in total. The third-order valence-electron chi connectivity index (χ3n) is 2.38. The van der Waals surface area contributed by atoms with E-state index in [4.69, 9.17) is 5.11 Å². The highest BCUT2D eigenvalue weighted by Crippen LogP contribution is 2.17. The van der Waals surface area contributed by atoms with Gasteiger partial charge in [-0.05, 0) is 37.0 Å². The molecule has 0 saturated carbocycles. The first-order chi connectivity index (χ1) is 8.01. The number of carboxylic acids is 1. The molecule has 96 valence electrons. The Morgan fingerprint density at radius 3 is 2.29 bits per heavy atom. The third-order valence-corrected chi connectivity index (χ3v) is 2.38. The third kappa shape index (κ3) is 7.39. The van der Waals surface area contributed by atoms with Gasteiger partial charge in [0, 0.05) is 6.42 Å². The molecule has 1 aromatic rings. The van der Waals surface area contributed by atoms with Gasteiger partial charge in [-0.3, -0.25) is 4.79 Å². The summed E-state index contributed by atoms with van der Waals surface area (Å²) in [7, 11) is 0. The molecule has 0 atom stereocenters. The monoisotopic (exact) mass is 238 g/mol. The minimum atomic E-state index is -0.745. The van der Waals surface area contributed by atoms with Gasteiger partial charge >= 0.3 is 5.97 Å². The second-order valence-corrected chi connectivity index (χ2v) is 3.97. The van der Waals surface area contributed by atoms with Gasteiger partial charge in [-0.2, -0.15) is 0 Å². The Hall–Kier alpha value is -1.51. The van der Waals surface area contributed by atoms with Crippen LogP contribution < -0.4 is 0 Å². The van der Waals surface area contributed by atoms with Crippen LogP contribution in [0, 0.1) is 6.92 Å². The van der Waals surface area contributed by atoms with Crippen molar-refractivity contribution in [2.24, 2.45) is 0 Å². The SMILES string of the molecule is CCC(=O)O.CCCCc1ccc(O)c(C)c1.